The molecule has 0 saturated heterocycles. The SMILES string of the molecule is CCCCC/C=C/CCCCCCCC(=O)O[C@@H](COC(=O)CCCCCCCCCCCCCCCCCCC)COP(=O)(O)OCCN. The summed E-state index contributed by atoms with van der Waals surface area (Å²) in [6.07, 6.45) is 36.7. The lowest BCUT2D eigenvalue weighted by molar-refractivity contribution is -0.161. The number of allylic oxidation sites excluding steroid dienone is 2. The molecule has 9 nitrogen and oxygen atoms in total. The fourth-order valence-corrected chi connectivity index (χ4v) is 6.57. The van der Waals surface area contributed by atoms with E-state index < -0.39 is 26.5 Å². The van der Waals surface area contributed by atoms with Gasteiger partial charge in [-0.1, -0.05) is 161 Å². The summed E-state index contributed by atoms with van der Waals surface area (Å²) in [7, 11) is -4.37. The quantitative estimate of drug-likeness (QED) is 0.0274. The topological polar surface area (TPSA) is 134 Å². The van der Waals surface area contributed by atoms with E-state index in [0.29, 0.717) is 6.42 Å². The fraction of sp³-hybridized carbons (Fsp3) is 0.900. The molecule has 0 aliphatic heterocycles. The van der Waals surface area contributed by atoms with Crippen LogP contribution in [-0.4, -0.2) is 49.3 Å². The Kier molecular flexibility index (Phi) is 36.6. The molecule has 0 aromatic heterocycles. The van der Waals surface area contributed by atoms with Gasteiger partial charge in [0.25, 0.3) is 0 Å². The zero-order valence-corrected chi connectivity index (χ0v) is 33.3. The molecule has 0 aromatic carbocycles. The molecule has 10 heteroatoms. The van der Waals surface area contributed by atoms with Gasteiger partial charge in [0.2, 0.25) is 0 Å². The van der Waals surface area contributed by atoms with Crippen LogP contribution in [0.5, 0.6) is 0 Å². The highest BCUT2D eigenvalue weighted by molar-refractivity contribution is 7.47. The first-order chi connectivity index (χ1) is 24.3. The van der Waals surface area contributed by atoms with E-state index in [4.69, 9.17) is 24.3 Å². The number of carbonyl (C=O) groups excluding carboxylic acids is 2. The van der Waals surface area contributed by atoms with Crippen LogP contribution in [0, 0.1) is 0 Å². The number of rotatable bonds is 39. The minimum absolute atomic E-state index is 0.0546. The van der Waals surface area contributed by atoms with Crippen LogP contribution in [0.1, 0.15) is 200 Å². The second-order valence-electron chi connectivity index (χ2n) is 13.9. The number of ether oxygens (including phenoxy) is 2. The summed E-state index contributed by atoms with van der Waals surface area (Å²) >= 11 is 0. The van der Waals surface area contributed by atoms with Gasteiger partial charge in [0.15, 0.2) is 6.10 Å². The van der Waals surface area contributed by atoms with Crippen LogP contribution in [-0.2, 0) is 32.7 Å². The zero-order valence-electron chi connectivity index (χ0n) is 32.4. The summed E-state index contributed by atoms with van der Waals surface area (Å²) in [5.74, 6) is -0.831. The van der Waals surface area contributed by atoms with E-state index in [1.165, 1.54) is 109 Å². The second kappa shape index (κ2) is 37.5. The Morgan fingerprint density at radius 2 is 0.980 bits per heavy atom. The molecule has 0 aliphatic rings. The first kappa shape index (κ1) is 48.8. The molecule has 1 unspecified atom stereocenters. The molecule has 0 rings (SSSR count). The Morgan fingerprint density at radius 1 is 0.580 bits per heavy atom. The number of hydrogen-bond donors (Lipinski definition) is 2. The molecule has 0 aliphatic carbocycles. The number of nitrogens with two attached hydrogens (primary N) is 1. The lowest BCUT2D eigenvalue weighted by atomic mass is 10.0. The van der Waals surface area contributed by atoms with Crippen molar-refractivity contribution in [2.75, 3.05) is 26.4 Å². The van der Waals surface area contributed by atoms with Crippen LogP contribution in [0.15, 0.2) is 12.2 Å². The fourth-order valence-electron chi connectivity index (χ4n) is 5.81. The van der Waals surface area contributed by atoms with Gasteiger partial charge in [-0.05, 0) is 38.5 Å². The summed E-state index contributed by atoms with van der Waals surface area (Å²) < 4.78 is 32.7. The van der Waals surface area contributed by atoms with Crippen molar-refractivity contribution in [1.29, 1.82) is 0 Å². The van der Waals surface area contributed by atoms with Crippen LogP contribution in [0.2, 0.25) is 0 Å². The smallest absolute Gasteiger partial charge is 0.462 e. The van der Waals surface area contributed by atoms with Gasteiger partial charge >= 0.3 is 19.8 Å². The molecule has 0 radical (unpaired) electrons. The number of carbonyl (C=O) groups is 2. The van der Waals surface area contributed by atoms with E-state index in [1.807, 2.05) is 0 Å². The third-order valence-corrected chi connectivity index (χ3v) is 9.89. The van der Waals surface area contributed by atoms with Crippen molar-refractivity contribution in [1.82, 2.24) is 0 Å². The molecule has 0 bridgehead atoms. The molecule has 0 spiro atoms. The maximum atomic E-state index is 12.5. The van der Waals surface area contributed by atoms with Gasteiger partial charge in [0.05, 0.1) is 13.2 Å². The summed E-state index contributed by atoms with van der Waals surface area (Å²) in [5.41, 5.74) is 5.34. The van der Waals surface area contributed by atoms with Crippen LogP contribution < -0.4 is 5.73 Å². The van der Waals surface area contributed by atoms with Gasteiger partial charge in [-0.2, -0.15) is 0 Å². The molecule has 0 saturated carbocycles. The molecular weight excluding hydrogens is 653 g/mol. The van der Waals surface area contributed by atoms with Gasteiger partial charge in [-0.3, -0.25) is 18.6 Å². The van der Waals surface area contributed by atoms with E-state index >= 15 is 0 Å². The lowest BCUT2D eigenvalue weighted by Gasteiger charge is -2.19. The van der Waals surface area contributed by atoms with Crippen LogP contribution in [0.4, 0.5) is 0 Å². The number of hydrogen-bond acceptors (Lipinski definition) is 8. The van der Waals surface area contributed by atoms with Crippen molar-refractivity contribution < 1.29 is 37.6 Å². The van der Waals surface area contributed by atoms with E-state index in [2.05, 4.69) is 26.0 Å². The Balaban J connectivity index is 4.12. The predicted octanol–water partition coefficient (Wildman–Crippen LogP) is 11.4. The largest absolute Gasteiger partial charge is 0.472 e. The summed E-state index contributed by atoms with van der Waals surface area (Å²) in [6, 6.07) is 0. The minimum Gasteiger partial charge on any atom is -0.462 e. The Bertz CT molecular complexity index is 840. The Hall–Kier alpha value is -1.25. The zero-order chi connectivity index (χ0) is 36.8. The number of phosphoric ester groups is 1. The monoisotopic (exact) mass is 732 g/mol. The maximum Gasteiger partial charge on any atom is 0.472 e. The normalized spacial score (nSPS) is 13.4. The highest BCUT2D eigenvalue weighted by Crippen LogP contribution is 2.43. The van der Waals surface area contributed by atoms with Gasteiger partial charge in [-0.15, -0.1) is 0 Å². The minimum atomic E-state index is -4.37. The van der Waals surface area contributed by atoms with E-state index in [9.17, 15) is 19.0 Å². The van der Waals surface area contributed by atoms with Crippen molar-refractivity contribution in [3.63, 3.8) is 0 Å². The molecule has 0 heterocycles. The Morgan fingerprint density at radius 3 is 1.46 bits per heavy atom. The van der Waals surface area contributed by atoms with Crippen molar-refractivity contribution in [2.24, 2.45) is 5.73 Å². The third-order valence-electron chi connectivity index (χ3n) is 8.90. The highest BCUT2D eigenvalue weighted by Gasteiger charge is 2.26. The van der Waals surface area contributed by atoms with Crippen molar-refractivity contribution in [3.05, 3.63) is 12.2 Å². The Labute approximate surface area is 307 Å². The predicted molar refractivity (Wildman–Crippen MR) is 206 cm³/mol. The second-order valence-corrected chi connectivity index (χ2v) is 15.3. The molecule has 0 amide bonds. The number of phosphoric acid groups is 1. The summed E-state index contributed by atoms with van der Waals surface area (Å²) in [5, 5.41) is 0. The molecule has 2 atom stereocenters. The lowest BCUT2D eigenvalue weighted by Crippen LogP contribution is -2.29. The van der Waals surface area contributed by atoms with Gasteiger partial charge < -0.3 is 20.1 Å². The maximum absolute atomic E-state index is 12.5. The van der Waals surface area contributed by atoms with Crippen molar-refractivity contribution in [3.8, 4) is 0 Å². The standard InChI is InChI=1S/C40H78NO8P/c1-3-5-7-9-11-13-15-17-18-19-20-21-23-24-26-28-30-32-39(42)46-36-38(37-48-50(44,45)47-35-34-41)49-40(43)33-31-29-27-25-22-16-14-12-10-8-6-4-2/h12,14,38H,3-11,13,15-37,41H2,1-2H3,(H,44,45)/b14-12+/t38-/m0/s1. The summed E-state index contributed by atoms with van der Waals surface area (Å²) in [6.45, 7) is 3.71. The van der Waals surface area contributed by atoms with Gasteiger partial charge in [0, 0.05) is 19.4 Å². The number of esters is 2. The average Bonchev–Trinajstić information content (AvgIpc) is 3.10. The molecule has 50 heavy (non-hydrogen) atoms. The van der Waals surface area contributed by atoms with Gasteiger partial charge in [-0.25, -0.2) is 4.57 Å². The molecule has 296 valence electrons. The summed E-state index contributed by atoms with van der Waals surface area (Å²) in [4.78, 5) is 34.7. The van der Waals surface area contributed by atoms with Crippen LogP contribution >= 0.6 is 7.82 Å². The molecule has 0 aromatic rings. The number of unbranched alkanes of at least 4 members (excludes halogenated alkanes) is 24. The van der Waals surface area contributed by atoms with E-state index in [1.54, 1.807) is 0 Å². The van der Waals surface area contributed by atoms with Crippen LogP contribution in [0.3, 0.4) is 0 Å². The molecular formula is C40H78NO8P. The van der Waals surface area contributed by atoms with E-state index in [0.717, 1.165) is 57.8 Å². The highest BCUT2D eigenvalue weighted by atomic mass is 31.2. The first-order valence-corrected chi connectivity index (χ1v) is 22.2. The molecule has 0 fully saturated rings. The first-order valence-electron chi connectivity index (χ1n) is 20.7. The molecule has 3 N–H and O–H groups in total. The van der Waals surface area contributed by atoms with Crippen LogP contribution in [0.25, 0.3) is 0 Å². The average molecular weight is 732 g/mol. The van der Waals surface area contributed by atoms with E-state index in [-0.39, 0.29) is 38.6 Å². The van der Waals surface area contributed by atoms with Crippen molar-refractivity contribution >= 4 is 19.8 Å². The van der Waals surface area contributed by atoms with Gasteiger partial charge in [0.1, 0.15) is 6.61 Å². The van der Waals surface area contributed by atoms with Crippen molar-refractivity contribution in [2.45, 2.75) is 206 Å². The third kappa shape index (κ3) is 36.5.